The lowest BCUT2D eigenvalue weighted by Crippen LogP contribution is -2.36. The van der Waals surface area contributed by atoms with Gasteiger partial charge in [0.05, 0.1) is 18.4 Å². The lowest BCUT2D eigenvalue weighted by Gasteiger charge is -2.14. The van der Waals surface area contributed by atoms with Crippen molar-refractivity contribution in [3.8, 4) is 11.4 Å². The molecule has 3 amide bonds. The topological polar surface area (TPSA) is 112 Å². The molecule has 26 heavy (non-hydrogen) atoms. The molecule has 1 aliphatic heterocycles. The normalized spacial score (nSPS) is 16.6. The molecule has 1 atom stereocenters. The SMILES string of the molecule is NC(=O)NC(=O)CSc1nnc(-c2ccc(Cl)cc2)n1CC1CCCO1. The van der Waals surface area contributed by atoms with Crippen molar-refractivity contribution in [1.29, 1.82) is 0 Å². The number of ether oxygens (including phenoxy) is 1. The number of nitrogens with two attached hydrogens (primary N) is 1. The first-order valence-corrected chi connectivity index (χ1v) is 9.42. The minimum absolute atomic E-state index is 0.00716. The number of benzene rings is 1. The van der Waals surface area contributed by atoms with Crippen LogP contribution in [0.3, 0.4) is 0 Å². The number of aromatic nitrogens is 3. The molecule has 0 aliphatic carbocycles. The summed E-state index contributed by atoms with van der Waals surface area (Å²) < 4.78 is 7.65. The molecule has 1 saturated heterocycles. The molecule has 138 valence electrons. The van der Waals surface area contributed by atoms with Gasteiger partial charge in [-0.1, -0.05) is 23.4 Å². The second kappa shape index (κ2) is 8.52. The fraction of sp³-hybridized carbons (Fsp3) is 0.375. The van der Waals surface area contributed by atoms with Crippen LogP contribution >= 0.6 is 23.4 Å². The number of urea groups is 1. The van der Waals surface area contributed by atoms with E-state index in [2.05, 4.69) is 10.2 Å². The van der Waals surface area contributed by atoms with Gasteiger partial charge in [0, 0.05) is 17.2 Å². The van der Waals surface area contributed by atoms with Crippen molar-refractivity contribution >= 4 is 35.3 Å². The molecule has 10 heteroatoms. The van der Waals surface area contributed by atoms with Crippen LogP contribution in [0.2, 0.25) is 5.02 Å². The molecule has 3 rings (SSSR count). The Balaban J connectivity index is 1.82. The van der Waals surface area contributed by atoms with Crippen LogP contribution in [0.5, 0.6) is 0 Å². The summed E-state index contributed by atoms with van der Waals surface area (Å²) in [6.07, 6.45) is 2.06. The Morgan fingerprint density at radius 3 is 2.77 bits per heavy atom. The Hall–Kier alpha value is -2.10. The van der Waals surface area contributed by atoms with E-state index in [9.17, 15) is 9.59 Å². The van der Waals surface area contributed by atoms with Crippen LogP contribution in [-0.4, -0.2) is 45.2 Å². The molecule has 2 heterocycles. The lowest BCUT2D eigenvalue weighted by atomic mass is 10.2. The smallest absolute Gasteiger partial charge is 0.318 e. The molecule has 0 radical (unpaired) electrons. The fourth-order valence-electron chi connectivity index (χ4n) is 2.67. The van der Waals surface area contributed by atoms with Gasteiger partial charge in [-0.15, -0.1) is 10.2 Å². The first kappa shape index (κ1) is 18.7. The number of primary amides is 1. The number of hydrogen-bond acceptors (Lipinski definition) is 6. The van der Waals surface area contributed by atoms with Gasteiger partial charge in [-0.25, -0.2) is 4.79 Å². The molecule has 1 aromatic heterocycles. The number of imide groups is 1. The van der Waals surface area contributed by atoms with E-state index in [0.29, 0.717) is 22.5 Å². The summed E-state index contributed by atoms with van der Waals surface area (Å²) in [5, 5.41) is 11.7. The van der Waals surface area contributed by atoms with Crippen LogP contribution in [0.25, 0.3) is 11.4 Å². The van der Waals surface area contributed by atoms with Crippen molar-refractivity contribution in [2.75, 3.05) is 12.4 Å². The Morgan fingerprint density at radius 1 is 1.35 bits per heavy atom. The van der Waals surface area contributed by atoms with Crippen molar-refractivity contribution in [2.24, 2.45) is 5.73 Å². The van der Waals surface area contributed by atoms with Crippen LogP contribution < -0.4 is 11.1 Å². The molecule has 0 spiro atoms. The van der Waals surface area contributed by atoms with Crippen LogP contribution in [0.15, 0.2) is 29.4 Å². The first-order chi connectivity index (χ1) is 12.5. The third kappa shape index (κ3) is 4.75. The van der Waals surface area contributed by atoms with E-state index in [1.54, 1.807) is 12.1 Å². The minimum Gasteiger partial charge on any atom is -0.376 e. The van der Waals surface area contributed by atoms with Crippen molar-refractivity contribution in [2.45, 2.75) is 30.6 Å². The molecular formula is C16H18ClN5O3S. The van der Waals surface area contributed by atoms with Crippen LogP contribution in [0, 0.1) is 0 Å². The number of rotatable bonds is 6. The second-order valence-corrected chi connectivity index (χ2v) is 7.14. The standard InChI is InChI=1S/C16H18ClN5O3S/c17-11-5-3-10(4-6-11)14-20-21-16(26-9-13(23)19-15(18)24)22(14)8-12-2-1-7-25-12/h3-6,12H,1-2,7-9H2,(H3,18,19,23,24). The van der Waals surface area contributed by atoms with Gasteiger partial charge in [-0.3, -0.25) is 14.7 Å². The summed E-state index contributed by atoms with van der Waals surface area (Å²) in [5.41, 5.74) is 5.82. The molecule has 1 aromatic carbocycles. The zero-order valence-corrected chi connectivity index (χ0v) is 15.4. The van der Waals surface area contributed by atoms with Gasteiger partial charge in [-0.2, -0.15) is 0 Å². The highest BCUT2D eigenvalue weighted by molar-refractivity contribution is 7.99. The Bertz CT molecular complexity index is 790. The van der Waals surface area contributed by atoms with Gasteiger partial charge in [-0.05, 0) is 37.1 Å². The quantitative estimate of drug-likeness (QED) is 0.724. The highest BCUT2D eigenvalue weighted by Gasteiger charge is 2.22. The number of nitrogens with zero attached hydrogens (tertiary/aromatic N) is 3. The van der Waals surface area contributed by atoms with Crippen molar-refractivity contribution in [1.82, 2.24) is 20.1 Å². The number of thioether (sulfide) groups is 1. The van der Waals surface area contributed by atoms with Crippen molar-refractivity contribution in [3.63, 3.8) is 0 Å². The predicted octanol–water partition coefficient (Wildman–Crippen LogP) is 2.06. The Kier molecular flexibility index (Phi) is 6.12. The number of hydrogen-bond donors (Lipinski definition) is 2. The zero-order valence-electron chi connectivity index (χ0n) is 13.9. The summed E-state index contributed by atoms with van der Waals surface area (Å²) in [6.45, 7) is 1.33. The van der Waals surface area contributed by atoms with E-state index in [0.717, 1.165) is 25.0 Å². The third-order valence-electron chi connectivity index (χ3n) is 3.82. The van der Waals surface area contributed by atoms with Crippen molar-refractivity contribution < 1.29 is 14.3 Å². The van der Waals surface area contributed by atoms with Gasteiger partial charge in [0.15, 0.2) is 11.0 Å². The second-order valence-electron chi connectivity index (χ2n) is 5.76. The predicted molar refractivity (Wildman–Crippen MR) is 97.9 cm³/mol. The molecule has 8 nitrogen and oxygen atoms in total. The molecular weight excluding hydrogens is 378 g/mol. The minimum atomic E-state index is -0.877. The number of halogens is 1. The summed E-state index contributed by atoms with van der Waals surface area (Å²) in [5.74, 6) is 0.199. The van der Waals surface area contributed by atoms with Gasteiger partial charge in [0.25, 0.3) is 0 Å². The third-order valence-corrected chi connectivity index (χ3v) is 5.04. The highest BCUT2D eigenvalue weighted by Crippen LogP contribution is 2.27. The lowest BCUT2D eigenvalue weighted by molar-refractivity contribution is -0.117. The summed E-state index contributed by atoms with van der Waals surface area (Å²) in [4.78, 5) is 22.4. The molecule has 0 saturated carbocycles. The van der Waals surface area contributed by atoms with E-state index < -0.39 is 11.9 Å². The summed E-state index contributed by atoms with van der Waals surface area (Å²) in [7, 11) is 0. The average molecular weight is 396 g/mol. The Labute approximate surface area is 159 Å². The number of nitrogens with one attached hydrogen (secondary N) is 1. The highest BCUT2D eigenvalue weighted by atomic mass is 35.5. The molecule has 0 bridgehead atoms. The van der Waals surface area contributed by atoms with E-state index in [-0.39, 0.29) is 11.9 Å². The van der Waals surface area contributed by atoms with Gasteiger partial charge in [0.2, 0.25) is 5.91 Å². The summed E-state index contributed by atoms with van der Waals surface area (Å²) in [6, 6.07) is 6.43. The largest absolute Gasteiger partial charge is 0.376 e. The molecule has 1 aliphatic rings. The monoisotopic (exact) mass is 395 g/mol. The fourth-order valence-corrected chi connectivity index (χ4v) is 3.54. The molecule has 1 fully saturated rings. The number of carbonyl (C=O) groups is 2. The Morgan fingerprint density at radius 2 is 2.12 bits per heavy atom. The maximum absolute atomic E-state index is 11.7. The van der Waals surface area contributed by atoms with Gasteiger partial charge < -0.3 is 10.5 Å². The zero-order chi connectivity index (χ0) is 18.5. The van der Waals surface area contributed by atoms with Crippen LogP contribution in [0.1, 0.15) is 12.8 Å². The van der Waals surface area contributed by atoms with Crippen LogP contribution in [0.4, 0.5) is 4.79 Å². The van der Waals surface area contributed by atoms with Gasteiger partial charge >= 0.3 is 6.03 Å². The maximum atomic E-state index is 11.7. The van der Waals surface area contributed by atoms with Crippen molar-refractivity contribution in [3.05, 3.63) is 29.3 Å². The molecule has 2 aromatic rings. The molecule has 3 N–H and O–H groups in total. The van der Waals surface area contributed by atoms with Crippen LogP contribution in [-0.2, 0) is 16.1 Å². The van der Waals surface area contributed by atoms with E-state index >= 15 is 0 Å². The van der Waals surface area contributed by atoms with E-state index in [1.807, 2.05) is 22.0 Å². The first-order valence-electron chi connectivity index (χ1n) is 8.06. The van der Waals surface area contributed by atoms with E-state index in [4.69, 9.17) is 22.1 Å². The average Bonchev–Trinajstić information content (AvgIpc) is 3.24. The van der Waals surface area contributed by atoms with Gasteiger partial charge in [0.1, 0.15) is 0 Å². The summed E-state index contributed by atoms with van der Waals surface area (Å²) >= 11 is 7.15. The molecule has 1 unspecified atom stereocenters. The number of carbonyl (C=O) groups excluding carboxylic acids is 2. The maximum Gasteiger partial charge on any atom is 0.318 e. The van der Waals surface area contributed by atoms with E-state index in [1.165, 1.54) is 11.8 Å². The number of amides is 3.